The van der Waals surface area contributed by atoms with Gasteiger partial charge in [0.2, 0.25) is 6.39 Å². The van der Waals surface area contributed by atoms with Crippen molar-refractivity contribution in [2.75, 3.05) is 6.54 Å². The average molecular weight is 237 g/mol. The molecule has 1 N–H and O–H groups in total. The summed E-state index contributed by atoms with van der Waals surface area (Å²) >= 11 is 0. The maximum absolute atomic E-state index is 4.72. The van der Waals surface area contributed by atoms with Crippen molar-refractivity contribution in [1.29, 1.82) is 0 Å². The molecular weight excluding hydrogens is 214 g/mol. The maximum atomic E-state index is 4.72. The van der Waals surface area contributed by atoms with Crippen LogP contribution in [0.2, 0.25) is 0 Å². The number of hydrogen-bond donors (Lipinski definition) is 1. The highest BCUT2D eigenvalue weighted by molar-refractivity contribution is 4.88. The van der Waals surface area contributed by atoms with E-state index in [9.17, 15) is 0 Å². The third kappa shape index (κ3) is 3.53. The second-order valence-electron chi connectivity index (χ2n) is 6.04. The summed E-state index contributed by atoms with van der Waals surface area (Å²) in [6.07, 6.45) is 6.15. The zero-order valence-electron chi connectivity index (χ0n) is 11.1. The number of nitrogens with zero attached hydrogens (tertiary/aromatic N) is 2. The highest BCUT2D eigenvalue weighted by atomic mass is 16.5. The lowest BCUT2D eigenvalue weighted by Crippen LogP contribution is -2.42. The Morgan fingerprint density at radius 3 is 3.00 bits per heavy atom. The number of rotatable bonds is 4. The monoisotopic (exact) mass is 237 g/mol. The summed E-state index contributed by atoms with van der Waals surface area (Å²) < 4.78 is 4.72. The van der Waals surface area contributed by atoms with Gasteiger partial charge in [-0.1, -0.05) is 25.9 Å². The predicted molar refractivity (Wildman–Crippen MR) is 66.6 cm³/mol. The summed E-state index contributed by atoms with van der Waals surface area (Å²) in [5, 5.41) is 7.44. The van der Waals surface area contributed by atoms with Crippen LogP contribution in [0, 0.1) is 11.3 Å². The van der Waals surface area contributed by atoms with Crippen LogP contribution in [0.1, 0.15) is 45.9 Å². The molecule has 1 fully saturated rings. The van der Waals surface area contributed by atoms with E-state index < -0.39 is 0 Å². The van der Waals surface area contributed by atoms with Crippen molar-refractivity contribution in [3.05, 3.63) is 12.2 Å². The lowest BCUT2D eigenvalue weighted by molar-refractivity contribution is 0.149. The fourth-order valence-electron chi connectivity index (χ4n) is 2.92. The second-order valence-corrected chi connectivity index (χ2v) is 6.04. The Bertz CT molecular complexity index is 334. The first kappa shape index (κ1) is 12.6. The highest BCUT2D eigenvalue weighted by Crippen LogP contribution is 2.38. The van der Waals surface area contributed by atoms with Gasteiger partial charge in [0.1, 0.15) is 0 Å². The summed E-state index contributed by atoms with van der Waals surface area (Å²) in [4.78, 5) is 4.02. The lowest BCUT2D eigenvalue weighted by Gasteiger charge is -2.39. The molecule has 0 radical (unpaired) electrons. The van der Waals surface area contributed by atoms with E-state index in [1.807, 2.05) is 0 Å². The molecule has 17 heavy (non-hydrogen) atoms. The Balaban J connectivity index is 1.73. The van der Waals surface area contributed by atoms with Crippen LogP contribution in [0.5, 0.6) is 0 Å². The topological polar surface area (TPSA) is 51.0 Å². The van der Waals surface area contributed by atoms with E-state index in [2.05, 4.69) is 36.2 Å². The molecule has 1 aliphatic rings. The van der Waals surface area contributed by atoms with E-state index in [-0.39, 0.29) is 0 Å². The highest BCUT2D eigenvalue weighted by Gasteiger charge is 2.31. The van der Waals surface area contributed by atoms with Crippen LogP contribution in [-0.2, 0) is 6.42 Å². The Kier molecular flexibility index (Phi) is 3.82. The Hall–Kier alpha value is -0.900. The van der Waals surface area contributed by atoms with Crippen LogP contribution < -0.4 is 5.32 Å². The number of aromatic nitrogens is 2. The molecule has 1 aromatic rings. The molecule has 2 unspecified atom stereocenters. The van der Waals surface area contributed by atoms with Gasteiger partial charge in [-0.15, -0.1) is 0 Å². The van der Waals surface area contributed by atoms with E-state index in [1.165, 1.54) is 25.7 Å². The van der Waals surface area contributed by atoms with E-state index in [4.69, 9.17) is 4.52 Å². The number of nitrogens with one attached hydrogen (secondary N) is 1. The van der Waals surface area contributed by atoms with Crippen molar-refractivity contribution in [2.24, 2.45) is 11.3 Å². The molecule has 0 aliphatic heterocycles. The van der Waals surface area contributed by atoms with Crippen LogP contribution in [-0.4, -0.2) is 22.7 Å². The first-order valence-electron chi connectivity index (χ1n) is 6.55. The molecule has 2 rings (SSSR count). The largest absolute Gasteiger partial charge is 0.343 e. The summed E-state index contributed by atoms with van der Waals surface area (Å²) in [7, 11) is 0. The van der Waals surface area contributed by atoms with E-state index >= 15 is 0 Å². The number of hydrogen-bond acceptors (Lipinski definition) is 4. The average Bonchev–Trinajstić information content (AvgIpc) is 2.73. The SMILES string of the molecule is CC1CC(C)(C)CCC1NCCc1ncon1. The molecule has 1 saturated carbocycles. The molecule has 0 aromatic carbocycles. The zero-order chi connectivity index (χ0) is 12.3. The maximum Gasteiger partial charge on any atom is 0.213 e. The van der Waals surface area contributed by atoms with E-state index in [0.29, 0.717) is 11.5 Å². The predicted octanol–water partition coefficient (Wildman–Crippen LogP) is 2.42. The van der Waals surface area contributed by atoms with Gasteiger partial charge in [0.25, 0.3) is 0 Å². The first-order valence-corrected chi connectivity index (χ1v) is 6.55. The van der Waals surface area contributed by atoms with Gasteiger partial charge in [0, 0.05) is 19.0 Å². The van der Waals surface area contributed by atoms with Gasteiger partial charge in [0.15, 0.2) is 5.82 Å². The summed E-state index contributed by atoms with van der Waals surface area (Å²) in [6, 6.07) is 0.648. The summed E-state index contributed by atoms with van der Waals surface area (Å²) in [6.45, 7) is 8.04. The van der Waals surface area contributed by atoms with Gasteiger partial charge in [-0.05, 0) is 30.6 Å². The minimum Gasteiger partial charge on any atom is -0.343 e. The standard InChI is InChI=1S/C13H23N3O/c1-10-8-13(2,3)6-4-11(10)14-7-5-12-15-9-17-16-12/h9-11,14H,4-8H2,1-3H3. The summed E-state index contributed by atoms with van der Waals surface area (Å²) in [5.74, 6) is 1.55. The van der Waals surface area contributed by atoms with Crippen molar-refractivity contribution >= 4 is 0 Å². The fraction of sp³-hybridized carbons (Fsp3) is 0.846. The van der Waals surface area contributed by atoms with Crippen LogP contribution >= 0.6 is 0 Å². The molecule has 96 valence electrons. The van der Waals surface area contributed by atoms with E-state index in [0.717, 1.165) is 24.7 Å². The van der Waals surface area contributed by atoms with Gasteiger partial charge in [-0.25, -0.2) is 0 Å². The molecule has 1 aliphatic carbocycles. The van der Waals surface area contributed by atoms with Crippen molar-refractivity contribution in [1.82, 2.24) is 15.5 Å². The normalized spacial score (nSPS) is 28.2. The molecule has 0 saturated heterocycles. The molecule has 1 heterocycles. The van der Waals surface area contributed by atoms with Crippen LogP contribution in [0.15, 0.2) is 10.9 Å². The summed E-state index contributed by atoms with van der Waals surface area (Å²) in [5.41, 5.74) is 0.519. The third-order valence-corrected chi connectivity index (χ3v) is 3.86. The fourth-order valence-corrected chi connectivity index (χ4v) is 2.92. The second kappa shape index (κ2) is 5.17. The van der Waals surface area contributed by atoms with Gasteiger partial charge in [-0.3, -0.25) is 0 Å². The Morgan fingerprint density at radius 1 is 1.53 bits per heavy atom. The molecule has 4 nitrogen and oxygen atoms in total. The molecule has 1 aromatic heterocycles. The molecule has 4 heteroatoms. The lowest BCUT2D eigenvalue weighted by atomic mass is 9.70. The first-order chi connectivity index (χ1) is 8.07. The van der Waals surface area contributed by atoms with Crippen LogP contribution in [0.4, 0.5) is 0 Å². The van der Waals surface area contributed by atoms with Gasteiger partial charge in [-0.2, -0.15) is 4.98 Å². The van der Waals surface area contributed by atoms with Gasteiger partial charge < -0.3 is 9.84 Å². The molecule has 0 bridgehead atoms. The van der Waals surface area contributed by atoms with Crippen LogP contribution in [0.3, 0.4) is 0 Å². The molecule has 0 spiro atoms. The molecule has 2 atom stereocenters. The van der Waals surface area contributed by atoms with Gasteiger partial charge >= 0.3 is 0 Å². The van der Waals surface area contributed by atoms with Gasteiger partial charge in [0.05, 0.1) is 0 Å². The van der Waals surface area contributed by atoms with Crippen molar-refractivity contribution in [3.63, 3.8) is 0 Å². The molecule has 0 amide bonds. The minimum absolute atomic E-state index is 0.519. The minimum atomic E-state index is 0.519. The van der Waals surface area contributed by atoms with Crippen molar-refractivity contribution in [2.45, 2.75) is 52.5 Å². The van der Waals surface area contributed by atoms with Crippen molar-refractivity contribution < 1.29 is 4.52 Å². The Labute approximate surface area is 103 Å². The van der Waals surface area contributed by atoms with E-state index in [1.54, 1.807) is 0 Å². The third-order valence-electron chi connectivity index (χ3n) is 3.86. The Morgan fingerprint density at radius 2 is 2.35 bits per heavy atom. The zero-order valence-corrected chi connectivity index (χ0v) is 11.1. The smallest absolute Gasteiger partial charge is 0.213 e. The van der Waals surface area contributed by atoms with Crippen LogP contribution in [0.25, 0.3) is 0 Å². The van der Waals surface area contributed by atoms with Crippen molar-refractivity contribution in [3.8, 4) is 0 Å². The quantitative estimate of drug-likeness (QED) is 0.873. The molecular formula is C13H23N3O.